The Morgan fingerprint density at radius 3 is 2.73 bits per heavy atom. The van der Waals surface area contributed by atoms with Crippen LogP contribution in [-0.4, -0.2) is 30.9 Å². The maximum absolute atomic E-state index is 14.3. The van der Waals surface area contributed by atoms with E-state index in [9.17, 15) is 18.8 Å². The van der Waals surface area contributed by atoms with E-state index >= 15 is 0 Å². The smallest absolute Gasteiger partial charge is 0.160 e. The van der Waals surface area contributed by atoms with Gasteiger partial charge >= 0.3 is 0 Å². The molecule has 1 spiro atoms. The molecule has 0 N–H and O–H groups in total. The fourth-order valence-corrected chi connectivity index (χ4v) is 3.71. The van der Waals surface area contributed by atoms with Crippen LogP contribution in [0.15, 0.2) is 12.1 Å². The summed E-state index contributed by atoms with van der Waals surface area (Å²) in [7, 11) is 0. The van der Waals surface area contributed by atoms with Crippen LogP contribution < -0.4 is 4.90 Å². The van der Waals surface area contributed by atoms with E-state index in [2.05, 4.69) is 0 Å². The molecule has 1 unspecified atom stereocenters. The molecule has 1 saturated carbocycles. The zero-order valence-electron chi connectivity index (χ0n) is 12.5. The van der Waals surface area contributed by atoms with Crippen LogP contribution in [-0.2, 0) is 4.79 Å². The number of aldehydes is 1. The number of hydrogen-bond donors (Lipinski definition) is 0. The first-order valence-electron chi connectivity index (χ1n) is 7.50. The molecule has 1 saturated heterocycles. The maximum atomic E-state index is 14.3. The Bertz CT molecular complexity index is 670. The number of hydrogen-bond acceptors (Lipinski definition) is 4. The summed E-state index contributed by atoms with van der Waals surface area (Å²) in [6.45, 7) is 2.67. The van der Waals surface area contributed by atoms with E-state index in [0.29, 0.717) is 37.9 Å². The van der Waals surface area contributed by atoms with E-state index < -0.39 is 5.82 Å². The van der Waals surface area contributed by atoms with Crippen molar-refractivity contribution in [3.05, 3.63) is 29.1 Å². The number of Topliss-reactive ketones (excluding diaryl/α,β-unsaturated/α-hetero) is 2. The summed E-state index contributed by atoms with van der Waals surface area (Å²) in [5.41, 5.74) is 0.643. The van der Waals surface area contributed by atoms with Crippen LogP contribution in [0.2, 0.25) is 0 Å². The van der Waals surface area contributed by atoms with Crippen LogP contribution >= 0.6 is 0 Å². The van der Waals surface area contributed by atoms with Crippen LogP contribution in [0, 0.1) is 11.2 Å². The highest BCUT2D eigenvalue weighted by Gasteiger charge is 2.44. The van der Waals surface area contributed by atoms with Crippen LogP contribution in [0.5, 0.6) is 0 Å². The number of benzene rings is 1. The molecular weight excluding hydrogens is 285 g/mol. The molecule has 0 bridgehead atoms. The Balaban J connectivity index is 1.92. The predicted molar refractivity (Wildman–Crippen MR) is 79.9 cm³/mol. The highest BCUT2D eigenvalue weighted by Crippen LogP contribution is 2.45. The van der Waals surface area contributed by atoms with Gasteiger partial charge in [-0.05, 0) is 37.3 Å². The summed E-state index contributed by atoms with van der Waals surface area (Å²) >= 11 is 0. The largest absolute Gasteiger partial charge is 0.369 e. The number of ketones is 2. The van der Waals surface area contributed by atoms with Gasteiger partial charge in [-0.2, -0.15) is 0 Å². The summed E-state index contributed by atoms with van der Waals surface area (Å²) in [5.74, 6) is -0.468. The molecule has 1 aliphatic heterocycles. The molecule has 3 rings (SSSR count). The third kappa shape index (κ3) is 2.45. The lowest BCUT2D eigenvalue weighted by Crippen LogP contribution is -2.26. The summed E-state index contributed by atoms with van der Waals surface area (Å²) in [6, 6.07) is 2.60. The van der Waals surface area contributed by atoms with E-state index in [4.69, 9.17) is 0 Å². The van der Waals surface area contributed by atoms with Gasteiger partial charge in [0.05, 0.1) is 5.69 Å². The van der Waals surface area contributed by atoms with E-state index in [1.807, 2.05) is 4.90 Å². The van der Waals surface area contributed by atoms with Crippen LogP contribution in [0.4, 0.5) is 10.1 Å². The van der Waals surface area contributed by atoms with Crippen LogP contribution in [0.1, 0.15) is 53.3 Å². The molecule has 0 radical (unpaired) electrons. The first kappa shape index (κ1) is 14.9. The van der Waals surface area contributed by atoms with E-state index in [0.717, 1.165) is 18.9 Å². The molecule has 0 aromatic heterocycles. The zero-order valence-corrected chi connectivity index (χ0v) is 12.5. The van der Waals surface area contributed by atoms with Gasteiger partial charge in [-0.3, -0.25) is 14.4 Å². The summed E-state index contributed by atoms with van der Waals surface area (Å²) in [4.78, 5) is 36.1. The highest BCUT2D eigenvalue weighted by molar-refractivity contribution is 6.02. The molecule has 22 heavy (non-hydrogen) atoms. The van der Waals surface area contributed by atoms with Gasteiger partial charge in [-0.1, -0.05) is 0 Å². The lowest BCUT2D eigenvalue weighted by atomic mass is 9.85. The van der Waals surface area contributed by atoms with Gasteiger partial charge in [0.25, 0.3) is 0 Å². The van der Waals surface area contributed by atoms with Crippen molar-refractivity contribution in [3.8, 4) is 0 Å². The van der Waals surface area contributed by atoms with Gasteiger partial charge in [-0.15, -0.1) is 0 Å². The van der Waals surface area contributed by atoms with Crippen molar-refractivity contribution in [2.45, 2.75) is 32.6 Å². The van der Waals surface area contributed by atoms with E-state index in [-0.39, 0.29) is 28.1 Å². The molecule has 1 aromatic carbocycles. The van der Waals surface area contributed by atoms with Gasteiger partial charge in [0.15, 0.2) is 12.1 Å². The Labute approximate surface area is 128 Å². The van der Waals surface area contributed by atoms with Gasteiger partial charge in [-0.25, -0.2) is 4.39 Å². The maximum Gasteiger partial charge on any atom is 0.160 e. The average Bonchev–Trinajstić information content (AvgIpc) is 3.05. The zero-order chi connectivity index (χ0) is 15.9. The Morgan fingerprint density at radius 1 is 1.36 bits per heavy atom. The summed E-state index contributed by atoms with van der Waals surface area (Å²) in [6.07, 6.45) is 3.40. The van der Waals surface area contributed by atoms with Crippen molar-refractivity contribution < 1.29 is 18.8 Å². The second-order valence-electron chi connectivity index (χ2n) is 6.45. The lowest BCUT2D eigenvalue weighted by Gasteiger charge is -2.24. The van der Waals surface area contributed by atoms with Gasteiger partial charge in [0, 0.05) is 37.1 Å². The molecule has 1 heterocycles. The highest BCUT2D eigenvalue weighted by atomic mass is 19.1. The minimum atomic E-state index is -0.492. The third-order valence-electron chi connectivity index (χ3n) is 4.91. The second-order valence-corrected chi connectivity index (χ2v) is 6.45. The van der Waals surface area contributed by atoms with E-state index in [1.54, 1.807) is 0 Å². The van der Waals surface area contributed by atoms with Crippen molar-refractivity contribution in [1.82, 2.24) is 0 Å². The second kappa shape index (κ2) is 5.30. The molecule has 116 valence electrons. The summed E-state index contributed by atoms with van der Waals surface area (Å²) in [5, 5.41) is 0. The van der Waals surface area contributed by atoms with Gasteiger partial charge < -0.3 is 4.90 Å². The van der Waals surface area contributed by atoms with Crippen molar-refractivity contribution >= 4 is 23.5 Å². The Kier molecular flexibility index (Phi) is 3.59. The fraction of sp³-hybridized carbons (Fsp3) is 0.471. The normalized spacial score (nSPS) is 24.3. The number of nitrogens with zero attached hydrogens (tertiary/aromatic N) is 1. The number of carbonyl (C=O) groups is 3. The Hall–Kier alpha value is -2.04. The molecule has 2 aliphatic rings. The van der Waals surface area contributed by atoms with Crippen LogP contribution in [0.25, 0.3) is 0 Å². The monoisotopic (exact) mass is 303 g/mol. The molecule has 4 nitrogen and oxygen atoms in total. The number of anilines is 1. The average molecular weight is 303 g/mol. The molecule has 5 heteroatoms. The topological polar surface area (TPSA) is 54.5 Å². The molecule has 1 atom stereocenters. The first-order valence-corrected chi connectivity index (χ1v) is 7.50. The van der Waals surface area contributed by atoms with Crippen molar-refractivity contribution in [2.24, 2.45) is 5.41 Å². The quantitative estimate of drug-likeness (QED) is 0.636. The van der Waals surface area contributed by atoms with Crippen molar-refractivity contribution in [2.75, 3.05) is 18.0 Å². The molecule has 1 aromatic rings. The minimum Gasteiger partial charge on any atom is -0.369 e. The standard InChI is InChI=1S/C17H18FNO3/c1-11(21)14-7-16(15(18)6-12(14)9-20)19-5-4-17(10-19)3-2-13(22)8-17/h6-7,9H,2-5,8,10H2,1H3. The summed E-state index contributed by atoms with van der Waals surface area (Å²) < 4.78 is 14.3. The Morgan fingerprint density at radius 2 is 2.14 bits per heavy atom. The molecule has 2 fully saturated rings. The molecular formula is C17H18FNO3. The van der Waals surface area contributed by atoms with Crippen LogP contribution in [0.3, 0.4) is 0 Å². The number of halogens is 1. The van der Waals surface area contributed by atoms with Gasteiger partial charge in [0.2, 0.25) is 0 Å². The lowest BCUT2D eigenvalue weighted by molar-refractivity contribution is -0.117. The predicted octanol–water partition coefficient (Wildman–Crippen LogP) is 2.79. The number of carbonyl (C=O) groups excluding carboxylic acids is 3. The number of rotatable bonds is 3. The van der Waals surface area contributed by atoms with Gasteiger partial charge in [0.1, 0.15) is 11.6 Å². The minimum absolute atomic E-state index is 0.0385. The fourth-order valence-electron chi connectivity index (χ4n) is 3.71. The first-order chi connectivity index (χ1) is 10.4. The molecule has 0 amide bonds. The third-order valence-corrected chi connectivity index (χ3v) is 4.91. The van der Waals surface area contributed by atoms with Crippen molar-refractivity contribution in [3.63, 3.8) is 0 Å². The SMILES string of the molecule is CC(=O)c1cc(N2CCC3(CCC(=O)C3)C2)c(F)cc1C=O. The van der Waals surface area contributed by atoms with Crippen molar-refractivity contribution in [1.29, 1.82) is 0 Å². The molecule has 1 aliphatic carbocycles. The van der Waals surface area contributed by atoms with E-state index in [1.165, 1.54) is 13.0 Å².